The van der Waals surface area contributed by atoms with Crippen molar-refractivity contribution in [2.75, 3.05) is 17.2 Å². The highest BCUT2D eigenvalue weighted by Crippen LogP contribution is 2.20. The molecule has 2 aromatic heterocycles. The maximum Gasteiger partial charge on any atom is 0.224 e. The molecule has 5 nitrogen and oxygen atoms in total. The van der Waals surface area contributed by atoms with E-state index in [2.05, 4.69) is 25.6 Å². The first-order valence-corrected chi connectivity index (χ1v) is 6.86. The molecule has 0 radical (unpaired) electrons. The molecule has 0 bridgehead atoms. The monoisotopic (exact) mass is 283 g/mol. The van der Waals surface area contributed by atoms with Gasteiger partial charge in [-0.2, -0.15) is 4.98 Å². The number of aromatic nitrogens is 3. The number of halogens is 1. The molecule has 0 saturated carbocycles. The molecule has 96 valence electrons. The molecule has 18 heavy (non-hydrogen) atoms. The third-order valence-electron chi connectivity index (χ3n) is 2.18. The van der Waals surface area contributed by atoms with E-state index in [1.165, 1.54) is 0 Å². The molecule has 2 rings (SSSR count). The van der Waals surface area contributed by atoms with Crippen LogP contribution < -0.4 is 10.6 Å². The lowest BCUT2D eigenvalue weighted by atomic mass is 10.4. The Labute approximate surface area is 115 Å². The molecule has 2 N–H and O–H groups in total. The van der Waals surface area contributed by atoms with E-state index in [-0.39, 0.29) is 0 Å². The number of nitrogens with zero attached hydrogens (tertiary/aromatic N) is 3. The highest BCUT2D eigenvalue weighted by Gasteiger charge is 2.05. The summed E-state index contributed by atoms with van der Waals surface area (Å²) in [5.41, 5.74) is 0.983. The van der Waals surface area contributed by atoms with Crippen molar-refractivity contribution in [3.8, 4) is 0 Å². The lowest BCUT2D eigenvalue weighted by Crippen LogP contribution is -2.07. The van der Waals surface area contributed by atoms with E-state index in [0.717, 1.165) is 17.2 Å². The van der Waals surface area contributed by atoms with Gasteiger partial charge < -0.3 is 10.6 Å². The molecular weight excluding hydrogens is 270 g/mol. The van der Waals surface area contributed by atoms with Crippen LogP contribution in [0.2, 0.25) is 5.02 Å². The van der Waals surface area contributed by atoms with Crippen molar-refractivity contribution in [3.05, 3.63) is 27.3 Å². The summed E-state index contributed by atoms with van der Waals surface area (Å²) in [6.07, 6.45) is 1.58. The second-order valence-electron chi connectivity index (χ2n) is 3.63. The van der Waals surface area contributed by atoms with Gasteiger partial charge in [0, 0.05) is 11.9 Å². The molecule has 2 aromatic rings. The second kappa shape index (κ2) is 5.97. The van der Waals surface area contributed by atoms with Crippen molar-refractivity contribution >= 4 is 34.7 Å². The zero-order chi connectivity index (χ0) is 13.0. The molecule has 0 aliphatic rings. The van der Waals surface area contributed by atoms with Crippen LogP contribution in [0, 0.1) is 6.92 Å². The summed E-state index contributed by atoms with van der Waals surface area (Å²) in [5.74, 6) is 1.19. The van der Waals surface area contributed by atoms with Crippen LogP contribution in [0.5, 0.6) is 0 Å². The van der Waals surface area contributed by atoms with Crippen molar-refractivity contribution in [1.82, 2.24) is 15.0 Å². The zero-order valence-electron chi connectivity index (χ0n) is 10.2. The second-order valence-corrected chi connectivity index (χ2v) is 5.10. The molecule has 0 aliphatic heterocycles. The molecule has 0 aromatic carbocycles. The largest absolute Gasteiger partial charge is 0.363 e. The first-order valence-electron chi connectivity index (χ1n) is 5.60. The summed E-state index contributed by atoms with van der Waals surface area (Å²) in [5, 5.41) is 9.78. The average Bonchev–Trinajstić information content (AvgIpc) is 2.76. The Morgan fingerprint density at radius 2 is 2.17 bits per heavy atom. The summed E-state index contributed by atoms with van der Waals surface area (Å²) in [6, 6.07) is 0. The van der Waals surface area contributed by atoms with Gasteiger partial charge >= 0.3 is 0 Å². The lowest BCUT2D eigenvalue weighted by molar-refractivity contribution is 1.02. The number of hydrogen-bond donors (Lipinski definition) is 2. The number of rotatable bonds is 5. The Balaban J connectivity index is 2.05. The molecular formula is C11H14ClN5S. The Morgan fingerprint density at radius 3 is 2.83 bits per heavy atom. The third kappa shape index (κ3) is 3.30. The molecule has 0 atom stereocenters. The molecule has 0 aliphatic carbocycles. The SMILES string of the molecule is CCNc1ncc(Cl)c(NCc2csc(C)n2)n1. The fourth-order valence-electron chi connectivity index (χ4n) is 1.40. The molecule has 0 fully saturated rings. The van der Waals surface area contributed by atoms with E-state index in [0.29, 0.717) is 23.3 Å². The first kappa shape index (κ1) is 13.0. The normalized spacial score (nSPS) is 10.4. The molecule has 7 heteroatoms. The third-order valence-corrected chi connectivity index (χ3v) is 3.28. The van der Waals surface area contributed by atoms with E-state index in [1.807, 2.05) is 19.2 Å². The van der Waals surface area contributed by atoms with Crippen LogP contribution in [0.15, 0.2) is 11.6 Å². The minimum absolute atomic E-state index is 0.503. The Hall–Kier alpha value is -1.40. The van der Waals surface area contributed by atoms with Gasteiger partial charge in [-0.15, -0.1) is 11.3 Å². The number of thiazole rings is 1. The highest BCUT2D eigenvalue weighted by molar-refractivity contribution is 7.09. The van der Waals surface area contributed by atoms with Crippen LogP contribution in [-0.2, 0) is 6.54 Å². The average molecular weight is 284 g/mol. The van der Waals surface area contributed by atoms with Gasteiger partial charge in [0.2, 0.25) is 5.95 Å². The van der Waals surface area contributed by atoms with Crippen LogP contribution in [0.25, 0.3) is 0 Å². The summed E-state index contributed by atoms with van der Waals surface area (Å²) >= 11 is 7.66. The molecule has 0 spiro atoms. The van der Waals surface area contributed by atoms with Gasteiger partial charge in [0.25, 0.3) is 0 Å². The number of nitrogens with one attached hydrogen (secondary N) is 2. The van der Waals surface area contributed by atoms with E-state index >= 15 is 0 Å². The first-order chi connectivity index (χ1) is 8.69. The van der Waals surface area contributed by atoms with E-state index in [9.17, 15) is 0 Å². The minimum atomic E-state index is 0.503. The number of aryl methyl sites for hydroxylation is 1. The van der Waals surface area contributed by atoms with Crippen molar-refractivity contribution in [2.45, 2.75) is 20.4 Å². The Bertz CT molecular complexity index is 528. The predicted octanol–water partition coefficient (Wildman–Crippen LogP) is 2.94. The lowest BCUT2D eigenvalue weighted by Gasteiger charge is -2.08. The van der Waals surface area contributed by atoms with Crippen molar-refractivity contribution in [2.24, 2.45) is 0 Å². The molecule has 0 unspecified atom stereocenters. The smallest absolute Gasteiger partial charge is 0.224 e. The van der Waals surface area contributed by atoms with Gasteiger partial charge in [0.05, 0.1) is 23.4 Å². The summed E-state index contributed by atoms with van der Waals surface area (Å²) < 4.78 is 0. The maximum absolute atomic E-state index is 6.03. The summed E-state index contributed by atoms with van der Waals surface area (Å²) in [7, 11) is 0. The van der Waals surface area contributed by atoms with Gasteiger partial charge in [-0.1, -0.05) is 11.6 Å². The zero-order valence-corrected chi connectivity index (χ0v) is 11.8. The summed E-state index contributed by atoms with van der Waals surface area (Å²) in [4.78, 5) is 12.7. The van der Waals surface area contributed by atoms with Crippen molar-refractivity contribution in [3.63, 3.8) is 0 Å². The maximum atomic E-state index is 6.03. The van der Waals surface area contributed by atoms with Gasteiger partial charge in [-0.25, -0.2) is 9.97 Å². The molecule has 0 amide bonds. The van der Waals surface area contributed by atoms with Crippen molar-refractivity contribution < 1.29 is 0 Å². The van der Waals surface area contributed by atoms with E-state index < -0.39 is 0 Å². The highest BCUT2D eigenvalue weighted by atomic mass is 35.5. The Morgan fingerprint density at radius 1 is 1.33 bits per heavy atom. The summed E-state index contributed by atoms with van der Waals surface area (Å²) in [6.45, 7) is 5.34. The predicted molar refractivity (Wildman–Crippen MR) is 75.4 cm³/mol. The van der Waals surface area contributed by atoms with Crippen LogP contribution >= 0.6 is 22.9 Å². The number of anilines is 2. The van der Waals surface area contributed by atoms with Gasteiger partial charge in [0.15, 0.2) is 5.82 Å². The van der Waals surface area contributed by atoms with E-state index in [1.54, 1.807) is 17.5 Å². The standard InChI is InChI=1S/C11H14ClN5S/c1-3-13-11-15-5-9(12)10(17-11)14-4-8-6-18-7(2)16-8/h5-6H,3-4H2,1-2H3,(H2,13,14,15,17). The molecule has 0 saturated heterocycles. The van der Waals surface area contributed by atoms with Crippen LogP contribution in [0.4, 0.5) is 11.8 Å². The van der Waals surface area contributed by atoms with Crippen LogP contribution in [0.1, 0.15) is 17.6 Å². The van der Waals surface area contributed by atoms with E-state index in [4.69, 9.17) is 11.6 Å². The van der Waals surface area contributed by atoms with Gasteiger partial charge in [-0.3, -0.25) is 0 Å². The van der Waals surface area contributed by atoms with Gasteiger partial charge in [0.1, 0.15) is 5.02 Å². The quantitative estimate of drug-likeness (QED) is 0.883. The Kier molecular flexibility index (Phi) is 4.33. The van der Waals surface area contributed by atoms with Crippen LogP contribution in [0.3, 0.4) is 0 Å². The number of hydrogen-bond acceptors (Lipinski definition) is 6. The van der Waals surface area contributed by atoms with Gasteiger partial charge in [-0.05, 0) is 13.8 Å². The fourth-order valence-corrected chi connectivity index (χ4v) is 2.17. The fraction of sp³-hybridized carbons (Fsp3) is 0.364. The minimum Gasteiger partial charge on any atom is -0.363 e. The van der Waals surface area contributed by atoms with Crippen LogP contribution in [-0.4, -0.2) is 21.5 Å². The topological polar surface area (TPSA) is 62.7 Å². The van der Waals surface area contributed by atoms with Crippen molar-refractivity contribution in [1.29, 1.82) is 0 Å². The molecule has 2 heterocycles.